The molecule has 0 fully saturated rings. The number of nitrogens with zero attached hydrogens (tertiary/aromatic N) is 2. The molecule has 1 heterocycles. The first-order valence-corrected chi connectivity index (χ1v) is 8.55. The van der Waals surface area contributed by atoms with Crippen LogP contribution in [0.15, 0.2) is 30.5 Å². The fourth-order valence-corrected chi connectivity index (χ4v) is 2.90. The van der Waals surface area contributed by atoms with Crippen molar-refractivity contribution >= 4 is 22.3 Å². The van der Waals surface area contributed by atoms with Crippen molar-refractivity contribution in [1.29, 1.82) is 0 Å². The minimum atomic E-state index is -1.03. The fourth-order valence-electron chi connectivity index (χ4n) is 2.90. The molecule has 136 valence electrons. The van der Waals surface area contributed by atoms with Gasteiger partial charge in [-0.25, -0.2) is 4.98 Å². The van der Waals surface area contributed by atoms with Crippen molar-refractivity contribution in [3.8, 4) is 0 Å². The van der Waals surface area contributed by atoms with E-state index in [4.69, 9.17) is 4.74 Å². The van der Waals surface area contributed by atoms with Gasteiger partial charge >= 0.3 is 5.69 Å². The lowest BCUT2D eigenvalue weighted by Crippen LogP contribution is -2.49. The molecule has 2 aromatic rings. The molecule has 1 aromatic heterocycles. The second kappa shape index (κ2) is 8.22. The Kier molecular flexibility index (Phi) is 6.27. The third-order valence-corrected chi connectivity index (χ3v) is 4.63. The van der Waals surface area contributed by atoms with Crippen LogP contribution in [0.1, 0.15) is 33.6 Å². The number of hydrogen-bond donors (Lipinski definition) is 2. The molecule has 0 aliphatic heterocycles. The van der Waals surface area contributed by atoms with Crippen molar-refractivity contribution in [3.63, 3.8) is 0 Å². The maximum Gasteiger partial charge on any atom is 0.311 e. The Balaban J connectivity index is 2.53. The number of aromatic nitrogens is 1. The lowest BCUT2D eigenvalue weighted by atomic mass is 9.88. The van der Waals surface area contributed by atoms with Crippen molar-refractivity contribution in [2.24, 2.45) is 0 Å². The van der Waals surface area contributed by atoms with Crippen LogP contribution in [0.4, 0.5) is 11.4 Å². The number of nitro groups is 1. The molecule has 1 aromatic carbocycles. The molecule has 0 radical (unpaired) electrons. The Morgan fingerprint density at radius 2 is 2.00 bits per heavy atom. The molecule has 0 saturated heterocycles. The van der Waals surface area contributed by atoms with Gasteiger partial charge in [0.2, 0.25) is 0 Å². The predicted octanol–water partition coefficient (Wildman–Crippen LogP) is 3.51. The highest BCUT2D eigenvalue weighted by atomic mass is 16.6. The molecular weight excluding hydrogens is 322 g/mol. The average Bonchev–Trinajstić information content (AvgIpc) is 2.64. The second-order valence-corrected chi connectivity index (χ2v) is 5.96. The van der Waals surface area contributed by atoms with Crippen LogP contribution in [0.2, 0.25) is 0 Å². The molecule has 7 heteroatoms. The highest BCUT2D eigenvalue weighted by Crippen LogP contribution is 2.34. The van der Waals surface area contributed by atoms with Crippen LogP contribution in [0, 0.1) is 10.1 Å². The number of hydrogen-bond acceptors (Lipinski definition) is 6. The summed E-state index contributed by atoms with van der Waals surface area (Å²) in [6.45, 7) is 6.41. The van der Waals surface area contributed by atoms with Crippen LogP contribution in [-0.4, -0.2) is 39.9 Å². The molecule has 1 atom stereocenters. The Morgan fingerprint density at radius 1 is 1.32 bits per heavy atom. The summed E-state index contributed by atoms with van der Waals surface area (Å²) in [6.07, 6.45) is 2.26. The van der Waals surface area contributed by atoms with E-state index in [1.54, 1.807) is 12.1 Å². The molecule has 0 saturated carbocycles. The minimum absolute atomic E-state index is 0.116. The molecule has 0 spiro atoms. The van der Waals surface area contributed by atoms with Crippen LogP contribution in [-0.2, 0) is 4.74 Å². The largest absolute Gasteiger partial charge is 0.388 e. The molecule has 0 unspecified atom stereocenters. The topological polar surface area (TPSA) is 97.5 Å². The van der Waals surface area contributed by atoms with Gasteiger partial charge in [-0.05, 0) is 25.8 Å². The monoisotopic (exact) mass is 347 g/mol. The van der Waals surface area contributed by atoms with Crippen LogP contribution in [0.5, 0.6) is 0 Å². The third-order valence-electron chi connectivity index (χ3n) is 4.63. The number of ether oxygens (including phenoxy) is 1. The number of pyridine rings is 1. The van der Waals surface area contributed by atoms with Gasteiger partial charge in [-0.15, -0.1) is 0 Å². The average molecular weight is 347 g/mol. The van der Waals surface area contributed by atoms with Crippen LogP contribution in [0.25, 0.3) is 10.9 Å². The van der Waals surface area contributed by atoms with E-state index in [1.807, 2.05) is 32.9 Å². The van der Waals surface area contributed by atoms with Crippen molar-refractivity contribution in [1.82, 2.24) is 4.98 Å². The predicted molar refractivity (Wildman–Crippen MR) is 97.8 cm³/mol. The van der Waals surface area contributed by atoms with Gasteiger partial charge in [0, 0.05) is 12.0 Å². The molecule has 2 rings (SSSR count). The standard InChI is InChI=1S/C18H25N3O4/c1-4-18(22,5-2)16(12-25-6-3)20-17-13-9-7-8-10-14(13)19-11-15(17)21(23)24/h7-11,16,22H,4-6,12H2,1-3H3,(H,19,20)/t16-/m1/s1. The summed E-state index contributed by atoms with van der Waals surface area (Å²) in [5, 5.41) is 26.3. The van der Waals surface area contributed by atoms with Crippen LogP contribution in [0.3, 0.4) is 0 Å². The quantitative estimate of drug-likeness (QED) is 0.532. The van der Waals surface area contributed by atoms with Gasteiger partial charge in [-0.2, -0.15) is 0 Å². The zero-order valence-electron chi connectivity index (χ0n) is 14.9. The fraction of sp³-hybridized carbons (Fsp3) is 0.500. The van der Waals surface area contributed by atoms with E-state index in [1.165, 1.54) is 6.20 Å². The van der Waals surface area contributed by atoms with Gasteiger partial charge in [0.1, 0.15) is 11.9 Å². The van der Waals surface area contributed by atoms with Crippen LogP contribution < -0.4 is 5.32 Å². The number of fused-ring (bicyclic) bond motifs is 1. The summed E-state index contributed by atoms with van der Waals surface area (Å²) in [6, 6.07) is 6.74. The van der Waals surface area contributed by atoms with Crippen molar-refractivity contribution in [2.45, 2.75) is 45.3 Å². The Bertz CT molecular complexity index is 731. The lowest BCUT2D eigenvalue weighted by molar-refractivity contribution is -0.384. The normalized spacial score (nSPS) is 13.0. The van der Waals surface area contributed by atoms with Gasteiger partial charge in [-0.1, -0.05) is 32.0 Å². The maximum atomic E-state index is 11.5. The van der Waals surface area contributed by atoms with E-state index in [0.717, 1.165) is 0 Å². The van der Waals surface area contributed by atoms with Gasteiger partial charge in [0.25, 0.3) is 0 Å². The molecule has 7 nitrogen and oxygen atoms in total. The Labute approximate surface area is 147 Å². The first kappa shape index (κ1) is 19.1. The van der Waals surface area contributed by atoms with E-state index < -0.39 is 16.6 Å². The van der Waals surface area contributed by atoms with Gasteiger partial charge in [0.15, 0.2) is 0 Å². The van der Waals surface area contributed by atoms with E-state index in [-0.39, 0.29) is 12.3 Å². The highest BCUT2D eigenvalue weighted by Gasteiger charge is 2.35. The smallest absolute Gasteiger partial charge is 0.311 e. The van der Waals surface area contributed by atoms with E-state index in [9.17, 15) is 15.2 Å². The number of benzene rings is 1. The molecule has 0 aliphatic rings. The van der Waals surface area contributed by atoms with E-state index >= 15 is 0 Å². The molecule has 0 aliphatic carbocycles. The first-order chi connectivity index (χ1) is 12.0. The Hall–Kier alpha value is -2.25. The number of para-hydroxylation sites is 1. The first-order valence-electron chi connectivity index (χ1n) is 8.55. The minimum Gasteiger partial charge on any atom is -0.388 e. The number of rotatable bonds is 9. The van der Waals surface area contributed by atoms with Gasteiger partial charge < -0.3 is 15.2 Å². The second-order valence-electron chi connectivity index (χ2n) is 5.96. The van der Waals surface area contributed by atoms with Crippen LogP contribution >= 0.6 is 0 Å². The Morgan fingerprint density at radius 3 is 2.60 bits per heavy atom. The molecular formula is C18H25N3O4. The van der Waals surface area contributed by atoms with Crippen molar-refractivity contribution in [3.05, 3.63) is 40.6 Å². The molecule has 2 N–H and O–H groups in total. The summed E-state index contributed by atoms with van der Waals surface area (Å²) in [5.74, 6) is 0. The summed E-state index contributed by atoms with van der Waals surface area (Å²) < 4.78 is 5.52. The number of nitrogens with one attached hydrogen (secondary N) is 1. The van der Waals surface area contributed by atoms with Gasteiger partial charge in [-0.3, -0.25) is 10.1 Å². The van der Waals surface area contributed by atoms with Gasteiger partial charge in [0.05, 0.1) is 28.7 Å². The number of aliphatic hydroxyl groups is 1. The summed E-state index contributed by atoms with van der Waals surface area (Å²) in [7, 11) is 0. The van der Waals surface area contributed by atoms with E-state index in [0.29, 0.717) is 36.0 Å². The van der Waals surface area contributed by atoms with Crippen molar-refractivity contribution < 1.29 is 14.8 Å². The molecule has 25 heavy (non-hydrogen) atoms. The summed E-state index contributed by atoms with van der Waals surface area (Å²) >= 11 is 0. The van der Waals surface area contributed by atoms with E-state index in [2.05, 4.69) is 10.3 Å². The SMILES string of the molecule is CCOC[C@@H](Nc1c([N+](=O)[O-])cnc2ccccc12)C(O)(CC)CC. The maximum absolute atomic E-state index is 11.5. The summed E-state index contributed by atoms with van der Waals surface area (Å²) in [4.78, 5) is 15.2. The summed E-state index contributed by atoms with van der Waals surface area (Å²) in [5.41, 5.74) is -0.134. The third kappa shape index (κ3) is 4.05. The highest BCUT2D eigenvalue weighted by molar-refractivity contribution is 5.95. The number of anilines is 1. The zero-order valence-corrected chi connectivity index (χ0v) is 14.9. The zero-order chi connectivity index (χ0) is 18.4. The molecule has 0 bridgehead atoms. The lowest BCUT2D eigenvalue weighted by Gasteiger charge is -2.35. The molecule has 0 amide bonds. The van der Waals surface area contributed by atoms with Crippen molar-refractivity contribution in [2.75, 3.05) is 18.5 Å².